The normalized spacial score (nSPS) is 10.9. The first kappa shape index (κ1) is 17.8. The Hall–Kier alpha value is -3.59. The monoisotopic (exact) mass is 438 g/mol. The molecule has 138 valence electrons. The van der Waals surface area contributed by atoms with Crippen molar-refractivity contribution in [3.63, 3.8) is 0 Å². The van der Waals surface area contributed by atoms with Gasteiger partial charge in [-0.05, 0) is 18.2 Å². The van der Waals surface area contributed by atoms with Crippen molar-refractivity contribution in [3.8, 4) is 22.5 Å². The lowest BCUT2D eigenvalue weighted by molar-refractivity contribution is -0.384. The minimum absolute atomic E-state index is 0.0122. The molecule has 0 atom stereocenters. The van der Waals surface area contributed by atoms with Gasteiger partial charge in [-0.15, -0.1) is 0 Å². The van der Waals surface area contributed by atoms with Crippen molar-refractivity contribution in [2.75, 3.05) is 0 Å². The second-order valence-electron chi connectivity index (χ2n) is 5.97. The van der Waals surface area contributed by atoms with Crippen LogP contribution in [0, 0.1) is 10.1 Å². The first-order valence-corrected chi connectivity index (χ1v) is 8.86. The van der Waals surface area contributed by atoms with E-state index in [0.717, 1.165) is 10.0 Å². The molecule has 4 aromatic rings. The third-order valence-corrected chi connectivity index (χ3v) is 4.77. The molecule has 0 saturated heterocycles. The molecule has 0 saturated carbocycles. The average Bonchev–Trinajstić information content (AvgIpc) is 3.12. The number of hydrogen-bond donors (Lipinski definition) is 2. The lowest BCUT2D eigenvalue weighted by Crippen LogP contribution is -2.00. The summed E-state index contributed by atoms with van der Waals surface area (Å²) in [6, 6.07) is 14.6. The summed E-state index contributed by atoms with van der Waals surface area (Å²) < 4.78 is 0.893. The number of carboxylic acids is 1. The molecule has 0 aliphatic carbocycles. The van der Waals surface area contributed by atoms with Gasteiger partial charge in [-0.3, -0.25) is 15.2 Å². The molecular formula is C19H11BrN4O4. The third kappa shape index (κ3) is 3.12. The molecule has 2 aromatic carbocycles. The highest BCUT2D eigenvalue weighted by Gasteiger charge is 2.20. The van der Waals surface area contributed by atoms with E-state index in [1.807, 2.05) is 24.3 Å². The highest BCUT2D eigenvalue weighted by atomic mass is 79.9. The van der Waals surface area contributed by atoms with Crippen LogP contribution in [0.4, 0.5) is 5.69 Å². The van der Waals surface area contributed by atoms with E-state index in [4.69, 9.17) is 0 Å². The van der Waals surface area contributed by atoms with Crippen LogP contribution in [-0.4, -0.2) is 31.2 Å². The number of aromatic carboxylic acids is 1. The quantitative estimate of drug-likeness (QED) is 0.352. The van der Waals surface area contributed by atoms with Crippen LogP contribution in [0.5, 0.6) is 0 Å². The summed E-state index contributed by atoms with van der Waals surface area (Å²) >= 11 is 3.37. The number of carboxylic acid groups (broad SMARTS) is 1. The lowest BCUT2D eigenvalue weighted by atomic mass is 10.0. The van der Waals surface area contributed by atoms with E-state index >= 15 is 0 Å². The van der Waals surface area contributed by atoms with Gasteiger partial charge in [-0.1, -0.05) is 40.2 Å². The van der Waals surface area contributed by atoms with Gasteiger partial charge in [-0.25, -0.2) is 9.78 Å². The highest BCUT2D eigenvalue weighted by molar-refractivity contribution is 9.10. The van der Waals surface area contributed by atoms with Gasteiger partial charge < -0.3 is 5.11 Å². The summed E-state index contributed by atoms with van der Waals surface area (Å²) in [6.07, 6.45) is 0. The Bertz CT molecular complexity index is 1230. The molecular weight excluding hydrogens is 428 g/mol. The molecule has 0 radical (unpaired) electrons. The minimum Gasteiger partial charge on any atom is -0.478 e. The van der Waals surface area contributed by atoms with Gasteiger partial charge in [-0.2, -0.15) is 5.10 Å². The highest BCUT2D eigenvalue weighted by Crippen LogP contribution is 2.32. The number of aromatic nitrogens is 3. The number of carbonyl (C=O) groups is 1. The predicted octanol–water partition coefficient (Wildman–Crippen LogP) is 4.66. The van der Waals surface area contributed by atoms with Crippen LogP contribution in [0.2, 0.25) is 0 Å². The Morgan fingerprint density at radius 3 is 2.54 bits per heavy atom. The second kappa shape index (κ2) is 6.86. The summed E-state index contributed by atoms with van der Waals surface area (Å²) in [6.45, 7) is 0. The van der Waals surface area contributed by atoms with Crippen LogP contribution in [0.3, 0.4) is 0 Å². The number of nitrogens with one attached hydrogen (secondary N) is 1. The Labute approximate surface area is 166 Å². The Morgan fingerprint density at radius 1 is 1.11 bits per heavy atom. The maximum absolute atomic E-state index is 11.9. The largest absolute Gasteiger partial charge is 0.478 e. The Balaban J connectivity index is 1.93. The topological polar surface area (TPSA) is 122 Å². The van der Waals surface area contributed by atoms with Crippen molar-refractivity contribution in [3.05, 3.63) is 74.7 Å². The Morgan fingerprint density at radius 2 is 1.86 bits per heavy atom. The van der Waals surface area contributed by atoms with Crippen molar-refractivity contribution >= 4 is 38.6 Å². The van der Waals surface area contributed by atoms with Crippen LogP contribution in [-0.2, 0) is 0 Å². The molecule has 2 heterocycles. The number of nitro benzene ring substituents is 1. The maximum atomic E-state index is 11.9. The van der Waals surface area contributed by atoms with Gasteiger partial charge in [0.25, 0.3) is 5.69 Å². The number of fused-ring (bicyclic) bond motifs is 1. The molecule has 9 heteroatoms. The predicted molar refractivity (Wildman–Crippen MR) is 106 cm³/mol. The molecule has 4 rings (SSSR count). The van der Waals surface area contributed by atoms with Crippen LogP contribution < -0.4 is 0 Å². The number of hydrogen-bond acceptors (Lipinski definition) is 5. The standard InChI is InChI=1S/C19H11BrN4O4/c20-12-6-4-10(5-7-12)17-16-14(19(25)26)9-15(21-18(16)23-22-17)11-2-1-3-13(8-11)24(27)28/h1-9H,(H,25,26)(H,21,22,23). The first-order valence-electron chi connectivity index (χ1n) is 8.07. The van der Waals surface area contributed by atoms with Crippen molar-refractivity contribution in [1.29, 1.82) is 0 Å². The smallest absolute Gasteiger partial charge is 0.336 e. The molecule has 0 spiro atoms. The molecule has 0 unspecified atom stereocenters. The first-order chi connectivity index (χ1) is 13.4. The van der Waals surface area contributed by atoms with Gasteiger partial charge in [0.1, 0.15) is 0 Å². The van der Waals surface area contributed by atoms with Crippen molar-refractivity contribution in [2.45, 2.75) is 0 Å². The van der Waals surface area contributed by atoms with Gasteiger partial charge in [0.2, 0.25) is 0 Å². The van der Waals surface area contributed by atoms with Crippen molar-refractivity contribution in [2.24, 2.45) is 0 Å². The summed E-state index contributed by atoms with van der Waals surface area (Å²) in [5, 5.41) is 28.2. The van der Waals surface area contributed by atoms with Crippen LogP contribution in [0.1, 0.15) is 10.4 Å². The molecule has 0 bridgehead atoms. The van der Waals surface area contributed by atoms with Crippen molar-refractivity contribution < 1.29 is 14.8 Å². The van der Waals surface area contributed by atoms with Gasteiger partial charge in [0, 0.05) is 27.7 Å². The van der Waals surface area contributed by atoms with E-state index in [1.54, 1.807) is 6.07 Å². The average molecular weight is 439 g/mol. The summed E-state index contributed by atoms with van der Waals surface area (Å²) in [7, 11) is 0. The molecule has 2 aromatic heterocycles. The fourth-order valence-corrected chi connectivity index (χ4v) is 3.21. The summed E-state index contributed by atoms with van der Waals surface area (Å²) in [4.78, 5) is 26.9. The molecule has 0 fully saturated rings. The zero-order valence-corrected chi connectivity index (χ0v) is 15.7. The van der Waals surface area contributed by atoms with E-state index in [9.17, 15) is 20.0 Å². The number of nitro groups is 1. The fourth-order valence-electron chi connectivity index (χ4n) is 2.94. The van der Waals surface area contributed by atoms with Crippen LogP contribution >= 0.6 is 15.9 Å². The van der Waals surface area contributed by atoms with Gasteiger partial charge in [0.05, 0.1) is 27.3 Å². The SMILES string of the molecule is O=C(O)c1cc(-c2cccc([N+](=O)[O-])c2)nc2n[nH]c(-c3ccc(Br)cc3)c12. The van der Waals surface area contributed by atoms with Gasteiger partial charge >= 0.3 is 5.97 Å². The number of non-ortho nitro benzene ring substituents is 1. The molecule has 0 aliphatic rings. The molecule has 2 N–H and O–H groups in total. The number of nitrogens with zero attached hydrogens (tertiary/aromatic N) is 3. The summed E-state index contributed by atoms with van der Waals surface area (Å²) in [5.41, 5.74) is 2.16. The van der Waals surface area contributed by atoms with Crippen molar-refractivity contribution in [1.82, 2.24) is 15.2 Å². The number of rotatable bonds is 4. The molecule has 0 amide bonds. The molecule has 28 heavy (non-hydrogen) atoms. The second-order valence-corrected chi connectivity index (χ2v) is 6.89. The number of H-pyrrole nitrogens is 1. The van der Waals surface area contributed by atoms with E-state index < -0.39 is 10.9 Å². The number of benzene rings is 2. The lowest BCUT2D eigenvalue weighted by Gasteiger charge is -2.06. The van der Waals surface area contributed by atoms with Gasteiger partial charge in [0.15, 0.2) is 5.65 Å². The van der Waals surface area contributed by atoms with E-state index in [-0.39, 0.29) is 16.9 Å². The summed E-state index contributed by atoms with van der Waals surface area (Å²) in [5.74, 6) is -1.14. The zero-order valence-electron chi connectivity index (χ0n) is 14.1. The van der Waals surface area contributed by atoms with E-state index in [0.29, 0.717) is 22.3 Å². The Kier molecular flexibility index (Phi) is 4.36. The van der Waals surface area contributed by atoms with Crippen LogP contribution in [0.25, 0.3) is 33.5 Å². The van der Waals surface area contributed by atoms with E-state index in [1.165, 1.54) is 24.3 Å². The molecule has 8 nitrogen and oxygen atoms in total. The zero-order chi connectivity index (χ0) is 19.8. The van der Waals surface area contributed by atoms with Crippen LogP contribution in [0.15, 0.2) is 59.1 Å². The molecule has 0 aliphatic heterocycles. The fraction of sp³-hybridized carbons (Fsp3) is 0. The van der Waals surface area contributed by atoms with E-state index in [2.05, 4.69) is 31.1 Å². The maximum Gasteiger partial charge on any atom is 0.336 e. The number of aromatic amines is 1. The number of halogens is 1. The number of pyridine rings is 1. The minimum atomic E-state index is -1.14. The third-order valence-electron chi connectivity index (χ3n) is 4.24.